The first-order valence-electron chi connectivity index (χ1n) is 9.50. The molecule has 0 atom stereocenters. The van der Waals surface area contributed by atoms with E-state index in [0.717, 1.165) is 36.9 Å². The molecule has 0 unspecified atom stereocenters. The van der Waals surface area contributed by atoms with Crippen molar-refractivity contribution in [3.63, 3.8) is 0 Å². The Kier molecular flexibility index (Phi) is 6.24. The van der Waals surface area contributed by atoms with E-state index in [9.17, 15) is 10.2 Å². The lowest BCUT2D eigenvalue weighted by molar-refractivity contribution is 0.398. The highest BCUT2D eigenvalue weighted by Gasteiger charge is 2.26. The van der Waals surface area contributed by atoms with Gasteiger partial charge in [0.25, 0.3) is 0 Å². The van der Waals surface area contributed by atoms with Crippen LogP contribution in [0.1, 0.15) is 52.0 Å². The molecule has 0 radical (unpaired) electrons. The molecule has 0 bridgehead atoms. The van der Waals surface area contributed by atoms with Crippen molar-refractivity contribution in [2.45, 2.75) is 61.9 Å². The number of aromatic nitrogens is 4. The number of tetrazole rings is 1. The third-order valence-corrected chi connectivity index (χ3v) is 5.84. The summed E-state index contributed by atoms with van der Waals surface area (Å²) in [6.07, 6.45) is 4.35. The molecular formula is C21H26N4O2S. The number of nitrogens with zero attached hydrogens (tertiary/aromatic N) is 4. The number of phenolic OH excluding ortho intramolecular Hbond substituents is 2. The fourth-order valence-electron chi connectivity index (χ4n) is 3.21. The van der Waals surface area contributed by atoms with Gasteiger partial charge < -0.3 is 10.2 Å². The van der Waals surface area contributed by atoms with Gasteiger partial charge in [-0.05, 0) is 58.3 Å². The second kappa shape index (κ2) is 8.65. The molecule has 0 saturated heterocycles. The van der Waals surface area contributed by atoms with Gasteiger partial charge in [0.2, 0.25) is 5.16 Å². The number of para-hydroxylation sites is 1. The topological polar surface area (TPSA) is 84.1 Å². The summed E-state index contributed by atoms with van der Waals surface area (Å²) < 4.78 is 1.60. The lowest BCUT2D eigenvalue weighted by Crippen LogP contribution is -2.17. The predicted octanol–water partition coefficient (Wildman–Crippen LogP) is 5.08. The van der Waals surface area contributed by atoms with Gasteiger partial charge >= 0.3 is 0 Å². The van der Waals surface area contributed by atoms with Crippen molar-refractivity contribution in [2.24, 2.45) is 0 Å². The number of benzene rings is 2. The van der Waals surface area contributed by atoms with Crippen molar-refractivity contribution >= 4 is 11.8 Å². The Balaban J connectivity index is 1.86. The van der Waals surface area contributed by atoms with Crippen LogP contribution in [0.5, 0.6) is 11.5 Å². The van der Waals surface area contributed by atoms with Crippen LogP contribution in [-0.4, -0.2) is 30.4 Å². The molecule has 3 aromatic rings. The van der Waals surface area contributed by atoms with Gasteiger partial charge in [0, 0.05) is 5.56 Å². The summed E-state index contributed by atoms with van der Waals surface area (Å²) in [7, 11) is 0. The van der Waals surface area contributed by atoms with Crippen molar-refractivity contribution in [1.82, 2.24) is 20.2 Å². The van der Waals surface area contributed by atoms with Gasteiger partial charge in [0.1, 0.15) is 11.5 Å². The Bertz CT molecular complexity index is 925. The Hall–Kier alpha value is -2.54. The molecule has 7 heteroatoms. The zero-order valence-corrected chi connectivity index (χ0v) is 17.3. The van der Waals surface area contributed by atoms with Gasteiger partial charge in [-0.3, -0.25) is 0 Å². The second-order valence-corrected chi connectivity index (χ2v) is 8.50. The molecule has 0 aliphatic rings. The zero-order valence-electron chi connectivity index (χ0n) is 16.5. The minimum atomic E-state index is -0.217. The SMILES string of the molecule is CCCCCC(C)(C)c1cc(O)c(Sc2nnnn2-c2ccccc2)cc1O. The molecule has 3 rings (SSSR count). The van der Waals surface area contributed by atoms with Crippen LogP contribution in [-0.2, 0) is 5.41 Å². The second-order valence-electron chi connectivity index (χ2n) is 7.49. The predicted molar refractivity (Wildman–Crippen MR) is 110 cm³/mol. The number of hydrogen-bond donors (Lipinski definition) is 2. The maximum atomic E-state index is 10.6. The van der Waals surface area contributed by atoms with Gasteiger partial charge in [-0.1, -0.05) is 58.2 Å². The lowest BCUT2D eigenvalue weighted by Gasteiger charge is -2.26. The molecule has 0 aliphatic heterocycles. The lowest BCUT2D eigenvalue weighted by atomic mass is 9.79. The van der Waals surface area contributed by atoms with Crippen LogP contribution >= 0.6 is 11.8 Å². The van der Waals surface area contributed by atoms with Crippen molar-refractivity contribution < 1.29 is 10.2 Å². The number of hydrogen-bond acceptors (Lipinski definition) is 6. The number of rotatable bonds is 8. The maximum Gasteiger partial charge on any atom is 0.219 e. The summed E-state index contributed by atoms with van der Waals surface area (Å²) in [5.74, 6) is 0.296. The molecule has 6 nitrogen and oxygen atoms in total. The normalized spacial score (nSPS) is 11.7. The minimum absolute atomic E-state index is 0.115. The Labute approximate surface area is 169 Å². The quantitative estimate of drug-likeness (QED) is 0.406. The van der Waals surface area contributed by atoms with E-state index in [-0.39, 0.29) is 16.9 Å². The molecule has 2 N–H and O–H groups in total. The molecule has 0 amide bonds. The van der Waals surface area contributed by atoms with Crippen LogP contribution in [0, 0.1) is 0 Å². The van der Waals surface area contributed by atoms with Crippen LogP contribution in [0.3, 0.4) is 0 Å². The first kappa shape index (κ1) is 20.2. The van der Waals surface area contributed by atoms with E-state index < -0.39 is 0 Å². The van der Waals surface area contributed by atoms with Crippen molar-refractivity contribution in [3.05, 3.63) is 48.0 Å². The van der Waals surface area contributed by atoms with Gasteiger partial charge in [0.15, 0.2) is 0 Å². The highest BCUT2D eigenvalue weighted by Crippen LogP contribution is 2.43. The van der Waals surface area contributed by atoms with Crippen LogP contribution in [0.15, 0.2) is 52.5 Å². The first-order chi connectivity index (χ1) is 13.4. The fraction of sp³-hybridized carbons (Fsp3) is 0.381. The van der Waals surface area contributed by atoms with Gasteiger partial charge in [0.05, 0.1) is 10.6 Å². The average Bonchev–Trinajstić information content (AvgIpc) is 3.13. The Morgan fingerprint density at radius 1 is 1.04 bits per heavy atom. The van der Waals surface area contributed by atoms with Crippen molar-refractivity contribution in [3.8, 4) is 17.2 Å². The standard InChI is InChI=1S/C21H26N4O2S/c1-4-5-9-12-21(2,3)16-13-18(27)19(14-17(16)26)28-20-22-23-24-25(20)15-10-7-6-8-11-15/h6-8,10-11,13-14,26-27H,4-5,9,12H2,1-3H3. The maximum absolute atomic E-state index is 10.6. The smallest absolute Gasteiger partial charge is 0.219 e. The molecule has 2 aromatic carbocycles. The molecule has 1 aromatic heterocycles. The number of unbranched alkanes of at least 4 members (excludes halogenated alkanes) is 2. The molecule has 28 heavy (non-hydrogen) atoms. The van der Waals surface area contributed by atoms with E-state index in [1.165, 1.54) is 11.8 Å². The average molecular weight is 399 g/mol. The number of phenols is 2. The first-order valence-corrected chi connectivity index (χ1v) is 10.3. The molecule has 0 saturated carbocycles. The Morgan fingerprint density at radius 2 is 1.79 bits per heavy atom. The van der Waals surface area contributed by atoms with Gasteiger partial charge in [-0.15, -0.1) is 5.10 Å². The molecular weight excluding hydrogens is 372 g/mol. The van der Waals surface area contributed by atoms with Gasteiger partial charge in [-0.25, -0.2) is 0 Å². The van der Waals surface area contributed by atoms with Crippen molar-refractivity contribution in [1.29, 1.82) is 0 Å². The van der Waals surface area contributed by atoms with Crippen LogP contribution in [0.25, 0.3) is 5.69 Å². The van der Waals surface area contributed by atoms with Crippen LogP contribution in [0.2, 0.25) is 0 Å². The highest BCUT2D eigenvalue weighted by molar-refractivity contribution is 7.99. The fourth-order valence-corrected chi connectivity index (χ4v) is 4.04. The summed E-state index contributed by atoms with van der Waals surface area (Å²) in [4.78, 5) is 0.512. The molecule has 0 aliphatic carbocycles. The van der Waals surface area contributed by atoms with E-state index in [0.29, 0.717) is 10.1 Å². The summed E-state index contributed by atoms with van der Waals surface area (Å²) >= 11 is 1.21. The monoisotopic (exact) mass is 398 g/mol. The summed E-state index contributed by atoms with van der Waals surface area (Å²) in [6, 6.07) is 12.8. The van der Waals surface area contributed by atoms with E-state index in [4.69, 9.17) is 0 Å². The number of aromatic hydroxyl groups is 2. The summed E-state index contributed by atoms with van der Waals surface area (Å²) in [5.41, 5.74) is 1.37. The molecule has 0 spiro atoms. The molecule has 0 fully saturated rings. The van der Waals surface area contributed by atoms with E-state index in [1.807, 2.05) is 30.3 Å². The molecule has 148 valence electrons. The summed E-state index contributed by atoms with van der Waals surface area (Å²) in [6.45, 7) is 6.37. The third kappa shape index (κ3) is 4.47. The van der Waals surface area contributed by atoms with Crippen LogP contribution < -0.4 is 0 Å². The highest BCUT2D eigenvalue weighted by atomic mass is 32.2. The minimum Gasteiger partial charge on any atom is -0.508 e. The molecule has 1 heterocycles. The summed E-state index contributed by atoms with van der Waals surface area (Å²) in [5, 5.41) is 33.6. The largest absolute Gasteiger partial charge is 0.508 e. The van der Waals surface area contributed by atoms with Gasteiger partial charge in [-0.2, -0.15) is 4.68 Å². The Morgan fingerprint density at radius 3 is 2.50 bits per heavy atom. The third-order valence-electron chi connectivity index (χ3n) is 4.85. The van der Waals surface area contributed by atoms with Crippen molar-refractivity contribution in [2.75, 3.05) is 0 Å². The zero-order chi connectivity index (χ0) is 20.1. The van der Waals surface area contributed by atoms with E-state index in [2.05, 4.69) is 36.3 Å². The van der Waals surface area contributed by atoms with E-state index in [1.54, 1.807) is 16.8 Å². The van der Waals surface area contributed by atoms with Crippen LogP contribution in [0.4, 0.5) is 0 Å². The van der Waals surface area contributed by atoms with E-state index >= 15 is 0 Å².